The molecule has 0 N–H and O–H groups in total. The Morgan fingerprint density at radius 2 is 1.85 bits per heavy atom. The molecule has 2 aromatic carbocycles. The summed E-state index contributed by atoms with van der Waals surface area (Å²) < 4.78 is 4.98. The van der Waals surface area contributed by atoms with Gasteiger partial charge in [-0.2, -0.15) is 0 Å². The molecule has 2 aromatic rings. The number of para-hydroxylation sites is 1. The zero-order valence-electron chi connectivity index (χ0n) is 11.3. The van der Waals surface area contributed by atoms with Gasteiger partial charge in [0.25, 0.3) is 0 Å². The first kappa shape index (κ1) is 13.0. The third-order valence-corrected chi connectivity index (χ3v) is 3.94. The van der Waals surface area contributed by atoms with Crippen molar-refractivity contribution >= 4 is 28.9 Å². The van der Waals surface area contributed by atoms with Crippen LogP contribution in [0.25, 0.3) is 0 Å². The number of carbonyl (C=O) groups excluding carboxylic acids is 1. The van der Waals surface area contributed by atoms with Crippen LogP contribution in [0.4, 0.5) is 11.4 Å². The van der Waals surface area contributed by atoms with Crippen molar-refractivity contribution in [1.29, 1.82) is 0 Å². The summed E-state index contributed by atoms with van der Waals surface area (Å²) in [5.74, 6) is -0.699. The van der Waals surface area contributed by atoms with Gasteiger partial charge in [0.05, 0.1) is 7.11 Å². The summed E-state index contributed by atoms with van der Waals surface area (Å²) in [6.07, 6.45) is 0. The van der Waals surface area contributed by atoms with Gasteiger partial charge >= 0.3 is 5.97 Å². The smallest absolute Gasteiger partial charge is 0.317 e. The molecule has 0 aromatic heterocycles. The lowest BCUT2D eigenvalue weighted by Crippen LogP contribution is -2.26. The minimum atomic E-state index is -0.430. The summed E-state index contributed by atoms with van der Waals surface area (Å²) in [6.45, 7) is 0. The average Bonchev–Trinajstić information content (AvgIpc) is 2.47. The molecule has 0 amide bonds. The first-order valence-electron chi connectivity index (χ1n) is 6.33. The van der Waals surface area contributed by atoms with E-state index in [1.807, 2.05) is 49.5 Å². The molecule has 0 spiro atoms. The van der Waals surface area contributed by atoms with Crippen LogP contribution in [0.3, 0.4) is 0 Å². The van der Waals surface area contributed by atoms with Gasteiger partial charge in [0.15, 0.2) is 0 Å². The number of fused-ring (bicyclic) bond motifs is 2. The monoisotopic (exact) mass is 287 g/mol. The maximum Gasteiger partial charge on any atom is 0.317 e. The van der Waals surface area contributed by atoms with Crippen LogP contribution in [0.15, 0.2) is 42.5 Å². The van der Waals surface area contributed by atoms with Gasteiger partial charge in [0.2, 0.25) is 0 Å². The zero-order valence-corrected chi connectivity index (χ0v) is 12.0. The van der Waals surface area contributed by atoms with Crippen LogP contribution < -0.4 is 4.90 Å². The minimum absolute atomic E-state index is 0.269. The van der Waals surface area contributed by atoms with Gasteiger partial charge in [-0.25, -0.2) is 0 Å². The number of methoxy groups -OCH3 is 1. The molecule has 0 fully saturated rings. The first-order chi connectivity index (χ1) is 9.63. The molecule has 3 nitrogen and oxygen atoms in total. The number of carbonyl (C=O) groups is 1. The molecule has 1 atom stereocenters. The predicted octanol–water partition coefficient (Wildman–Crippen LogP) is 3.73. The molecule has 3 rings (SSSR count). The van der Waals surface area contributed by atoms with Crippen molar-refractivity contribution in [3.8, 4) is 0 Å². The van der Waals surface area contributed by atoms with Gasteiger partial charge in [-0.3, -0.25) is 4.79 Å². The highest BCUT2D eigenvalue weighted by molar-refractivity contribution is 6.30. The predicted molar refractivity (Wildman–Crippen MR) is 79.8 cm³/mol. The van der Waals surface area contributed by atoms with E-state index < -0.39 is 5.92 Å². The molecule has 0 saturated carbocycles. The summed E-state index contributed by atoms with van der Waals surface area (Å²) in [4.78, 5) is 14.3. The number of anilines is 2. The van der Waals surface area contributed by atoms with Crippen molar-refractivity contribution in [2.45, 2.75) is 5.92 Å². The fraction of sp³-hybridized carbons (Fsp3) is 0.188. The van der Waals surface area contributed by atoms with Crippen LogP contribution >= 0.6 is 11.6 Å². The summed E-state index contributed by atoms with van der Waals surface area (Å²) in [5, 5.41) is 0.616. The van der Waals surface area contributed by atoms with Crippen molar-refractivity contribution in [2.75, 3.05) is 19.1 Å². The Hall–Kier alpha value is -2.00. The Kier molecular flexibility index (Phi) is 3.14. The quantitative estimate of drug-likeness (QED) is 0.749. The summed E-state index contributed by atoms with van der Waals surface area (Å²) in [5.41, 5.74) is 3.81. The first-order valence-corrected chi connectivity index (χ1v) is 6.71. The highest BCUT2D eigenvalue weighted by atomic mass is 35.5. The molecule has 0 bridgehead atoms. The molecule has 1 aliphatic rings. The number of ether oxygens (including phenoxy) is 1. The molecule has 1 heterocycles. The van der Waals surface area contributed by atoms with Gasteiger partial charge in [0.1, 0.15) is 5.92 Å². The normalized spacial score (nSPS) is 16.4. The zero-order chi connectivity index (χ0) is 14.3. The van der Waals surface area contributed by atoms with E-state index >= 15 is 0 Å². The molecule has 4 heteroatoms. The van der Waals surface area contributed by atoms with Gasteiger partial charge in [0, 0.05) is 23.4 Å². The average molecular weight is 288 g/mol. The van der Waals surface area contributed by atoms with Crippen molar-refractivity contribution in [3.63, 3.8) is 0 Å². The van der Waals surface area contributed by atoms with Gasteiger partial charge in [-0.15, -0.1) is 0 Å². The van der Waals surface area contributed by atoms with Crippen LogP contribution in [0.5, 0.6) is 0 Å². The van der Waals surface area contributed by atoms with Crippen LogP contribution in [-0.2, 0) is 9.53 Å². The summed E-state index contributed by atoms with van der Waals surface area (Å²) >= 11 is 6.09. The number of hydrogen-bond donors (Lipinski definition) is 0. The minimum Gasteiger partial charge on any atom is -0.468 e. The number of hydrogen-bond acceptors (Lipinski definition) is 3. The van der Waals surface area contributed by atoms with E-state index in [4.69, 9.17) is 16.3 Å². The second kappa shape index (κ2) is 4.84. The number of rotatable bonds is 1. The van der Waals surface area contributed by atoms with Gasteiger partial charge in [-0.1, -0.05) is 29.8 Å². The van der Waals surface area contributed by atoms with E-state index in [2.05, 4.69) is 4.90 Å². The number of nitrogens with zero attached hydrogens (tertiary/aromatic N) is 1. The van der Waals surface area contributed by atoms with E-state index in [0.717, 1.165) is 22.5 Å². The highest BCUT2D eigenvalue weighted by Crippen LogP contribution is 2.45. The summed E-state index contributed by atoms with van der Waals surface area (Å²) in [6, 6.07) is 13.5. The Bertz CT molecular complexity index is 684. The van der Waals surface area contributed by atoms with Gasteiger partial charge < -0.3 is 9.64 Å². The molecule has 0 aliphatic carbocycles. The molecule has 20 heavy (non-hydrogen) atoms. The molecule has 0 saturated heterocycles. The van der Waals surface area contributed by atoms with E-state index in [0.29, 0.717) is 5.02 Å². The molecular weight excluding hydrogens is 274 g/mol. The molecule has 102 valence electrons. The second-order valence-corrected chi connectivity index (χ2v) is 5.21. The third kappa shape index (κ3) is 1.86. The summed E-state index contributed by atoms with van der Waals surface area (Å²) in [7, 11) is 3.40. The van der Waals surface area contributed by atoms with Crippen molar-refractivity contribution in [3.05, 3.63) is 58.6 Å². The van der Waals surface area contributed by atoms with Crippen molar-refractivity contribution in [2.24, 2.45) is 0 Å². The van der Waals surface area contributed by atoms with E-state index in [1.54, 1.807) is 0 Å². The van der Waals surface area contributed by atoms with Crippen LogP contribution in [0, 0.1) is 0 Å². The standard InChI is InChI=1S/C16H14ClNO2/c1-18-13-6-4-3-5-11(13)15(16(19)20-2)12-9-10(17)7-8-14(12)18/h3-9,15H,1-2H3. The number of benzene rings is 2. The lowest BCUT2D eigenvalue weighted by atomic mass is 9.85. The maximum atomic E-state index is 12.2. The van der Waals surface area contributed by atoms with Crippen LogP contribution in [0.1, 0.15) is 17.0 Å². The van der Waals surface area contributed by atoms with E-state index in [9.17, 15) is 4.79 Å². The third-order valence-electron chi connectivity index (χ3n) is 3.71. The Morgan fingerprint density at radius 3 is 2.60 bits per heavy atom. The van der Waals surface area contributed by atoms with Crippen LogP contribution in [-0.4, -0.2) is 20.1 Å². The number of halogens is 1. The highest BCUT2D eigenvalue weighted by Gasteiger charge is 2.34. The fourth-order valence-corrected chi connectivity index (χ4v) is 2.95. The maximum absolute atomic E-state index is 12.2. The van der Waals surface area contributed by atoms with Gasteiger partial charge in [-0.05, 0) is 35.4 Å². The Morgan fingerprint density at radius 1 is 1.15 bits per heavy atom. The SMILES string of the molecule is COC(=O)C1c2ccccc2N(C)c2ccc(Cl)cc21. The van der Waals surface area contributed by atoms with Crippen molar-refractivity contribution < 1.29 is 9.53 Å². The lowest BCUT2D eigenvalue weighted by Gasteiger charge is -2.34. The van der Waals surface area contributed by atoms with E-state index in [-0.39, 0.29) is 5.97 Å². The Balaban J connectivity index is 2.28. The molecule has 1 unspecified atom stereocenters. The topological polar surface area (TPSA) is 29.5 Å². The van der Waals surface area contributed by atoms with E-state index in [1.165, 1.54) is 7.11 Å². The molecular formula is C16H14ClNO2. The number of esters is 1. The van der Waals surface area contributed by atoms with Crippen molar-refractivity contribution in [1.82, 2.24) is 0 Å². The Labute approximate surface area is 122 Å². The second-order valence-electron chi connectivity index (χ2n) is 4.78. The molecule has 1 aliphatic heterocycles. The largest absolute Gasteiger partial charge is 0.468 e. The van der Waals surface area contributed by atoms with Crippen LogP contribution in [0.2, 0.25) is 5.02 Å². The lowest BCUT2D eigenvalue weighted by molar-refractivity contribution is -0.141. The fourth-order valence-electron chi connectivity index (χ4n) is 2.77. The molecule has 0 radical (unpaired) electrons.